The summed E-state index contributed by atoms with van der Waals surface area (Å²) in [5.41, 5.74) is 0. The number of hydrogen-bond donors (Lipinski definition) is 1. The number of ether oxygens (including phenoxy) is 1. The Morgan fingerprint density at radius 3 is 2.69 bits per heavy atom. The lowest BCUT2D eigenvalue weighted by molar-refractivity contribution is -0.00982. The highest BCUT2D eigenvalue weighted by Crippen LogP contribution is 2.22. The number of rotatable bonds is 7. The van der Waals surface area contributed by atoms with E-state index in [2.05, 4.69) is 17.1 Å². The molecular weight excluding hydrogens is 200 g/mol. The molecule has 0 amide bonds. The van der Waals surface area contributed by atoms with Crippen molar-refractivity contribution in [2.24, 2.45) is 0 Å². The maximum atomic E-state index is 5.55. The van der Waals surface area contributed by atoms with E-state index >= 15 is 0 Å². The van der Waals surface area contributed by atoms with Crippen LogP contribution in [0.15, 0.2) is 0 Å². The highest BCUT2D eigenvalue weighted by atomic mass is 16.5. The van der Waals surface area contributed by atoms with E-state index in [0.717, 1.165) is 12.6 Å². The van der Waals surface area contributed by atoms with Gasteiger partial charge in [-0.2, -0.15) is 0 Å². The summed E-state index contributed by atoms with van der Waals surface area (Å²) < 4.78 is 5.55. The van der Waals surface area contributed by atoms with E-state index in [9.17, 15) is 0 Å². The molecule has 3 heteroatoms. The summed E-state index contributed by atoms with van der Waals surface area (Å²) in [6, 6.07) is 0.732. The Morgan fingerprint density at radius 2 is 2.00 bits per heavy atom. The van der Waals surface area contributed by atoms with Crippen LogP contribution in [-0.4, -0.2) is 49.8 Å². The second-order valence-electron chi connectivity index (χ2n) is 5.10. The molecule has 2 rings (SSSR count). The highest BCUT2D eigenvalue weighted by Gasteiger charge is 2.28. The fraction of sp³-hybridized carbons (Fsp3) is 1.00. The van der Waals surface area contributed by atoms with Crippen LogP contribution in [0.1, 0.15) is 39.0 Å². The zero-order chi connectivity index (χ0) is 11.2. The van der Waals surface area contributed by atoms with Crippen LogP contribution in [0.5, 0.6) is 0 Å². The smallest absolute Gasteiger partial charge is 0.0604 e. The zero-order valence-electron chi connectivity index (χ0n) is 10.6. The first kappa shape index (κ1) is 12.3. The molecule has 0 radical (unpaired) electrons. The molecule has 0 atom stereocenters. The molecule has 1 N–H and O–H groups in total. The van der Waals surface area contributed by atoms with Crippen LogP contribution < -0.4 is 5.32 Å². The lowest BCUT2D eigenvalue weighted by Crippen LogP contribution is -2.46. The summed E-state index contributed by atoms with van der Waals surface area (Å²) in [6.07, 6.45) is 7.10. The van der Waals surface area contributed by atoms with Gasteiger partial charge in [0, 0.05) is 12.6 Å². The standard InChI is InChI=1S/C13H26N2O/c1-2-16-13-10-12(11-13)14-6-5-9-15-7-3-4-8-15/h12-14H,2-11H2,1H3. The Kier molecular flexibility index (Phi) is 5.07. The molecule has 1 saturated heterocycles. The summed E-state index contributed by atoms with van der Waals surface area (Å²) >= 11 is 0. The third kappa shape index (κ3) is 3.72. The summed E-state index contributed by atoms with van der Waals surface area (Å²) in [5, 5.41) is 3.62. The lowest BCUT2D eigenvalue weighted by Gasteiger charge is -2.35. The van der Waals surface area contributed by atoms with E-state index in [1.807, 2.05) is 0 Å². The normalized spacial score (nSPS) is 30.6. The van der Waals surface area contributed by atoms with E-state index in [1.54, 1.807) is 0 Å². The topological polar surface area (TPSA) is 24.5 Å². The maximum Gasteiger partial charge on any atom is 0.0604 e. The average molecular weight is 226 g/mol. The Morgan fingerprint density at radius 1 is 1.25 bits per heavy atom. The van der Waals surface area contributed by atoms with E-state index in [4.69, 9.17) is 4.74 Å². The summed E-state index contributed by atoms with van der Waals surface area (Å²) in [6.45, 7) is 8.07. The summed E-state index contributed by atoms with van der Waals surface area (Å²) in [5.74, 6) is 0. The van der Waals surface area contributed by atoms with Crippen molar-refractivity contribution in [3.8, 4) is 0 Å². The first-order valence-electron chi connectivity index (χ1n) is 6.96. The van der Waals surface area contributed by atoms with Crippen LogP contribution in [-0.2, 0) is 4.74 Å². The predicted octanol–water partition coefficient (Wildman–Crippen LogP) is 1.63. The van der Waals surface area contributed by atoms with Crippen LogP contribution in [0.25, 0.3) is 0 Å². The van der Waals surface area contributed by atoms with Crippen molar-refractivity contribution in [1.82, 2.24) is 10.2 Å². The summed E-state index contributed by atoms with van der Waals surface area (Å²) in [4.78, 5) is 2.59. The Balaban J connectivity index is 1.41. The monoisotopic (exact) mass is 226 g/mol. The second kappa shape index (κ2) is 6.58. The molecule has 1 saturated carbocycles. The van der Waals surface area contributed by atoms with E-state index in [1.165, 1.54) is 58.3 Å². The number of nitrogens with one attached hydrogen (secondary N) is 1. The van der Waals surface area contributed by atoms with Crippen LogP contribution in [0.4, 0.5) is 0 Å². The van der Waals surface area contributed by atoms with Gasteiger partial charge >= 0.3 is 0 Å². The Labute approximate surface area is 99.5 Å². The van der Waals surface area contributed by atoms with E-state index in [-0.39, 0.29) is 0 Å². The molecular formula is C13H26N2O. The minimum atomic E-state index is 0.543. The Bertz CT molecular complexity index is 186. The molecule has 0 aromatic heterocycles. The molecule has 1 aliphatic carbocycles. The van der Waals surface area contributed by atoms with Crippen molar-refractivity contribution in [3.05, 3.63) is 0 Å². The van der Waals surface area contributed by atoms with Gasteiger partial charge in [-0.1, -0.05) is 0 Å². The molecule has 16 heavy (non-hydrogen) atoms. The van der Waals surface area contributed by atoms with Crippen molar-refractivity contribution in [3.63, 3.8) is 0 Å². The average Bonchev–Trinajstić information content (AvgIpc) is 2.72. The third-order valence-corrected chi connectivity index (χ3v) is 3.78. The van der Waals surface area contributed by atoms with E-state index in [0.29, 0.717) is 6.10 Å². The van der Waals surface area contributed by atoms with Crippen molar-refractivity contribution < 1.29 is 4.74 Å². The van der Waals surface area contributed by atoms with Crippen molar-refractivity contribution in [2.45, 2.75) is 51.2 Å². The quantitative estimate of drug-likeness (QED) is 0.668. The number of nitrogens with zero attached hydrogens (tertiary/aromatic N) is 1. The van der Waals surface area contributed by atoms with Crippen LogP contribution >= 0.6 is 0 Å². The first-order chi connectivity index (χ1) is 7.88. The summed E-state index contributed by atoms with van der Waals surface area (Å²) in [7, 11) is 0. The molecule has 0 aromatic rings. The van der Waals surface area contributed by atoms with Gasteiger partial charge in [-0.3, -0.25) is 0 Å². The fourth-order valence-electron chi connectivity index (χ4n) is 2.72. The molecule has 1 heterocycles. The molecule has 0 aromatic carbocycles. The maximum absolute atomic E-state index is 5.55. The van der Waals surface area contributed by atoms with Crippen LogP contribution in [0, 0.1) is 0 Å². The Hall–Kier alpha value is -0.120. The van der Waals surface area contributed by atoms with Crippen molar-refractivity contribution in [1.29, 1.82) is 0 Å². The van der Waals surface area contributed by atoms with Crippen molar-refractivity contribution in [2.75, 3.05) is 32.8 Å². The molecule has 0 bridgehead atoms. The number of hydrogen-bond acceptors (Lipinski definition) is 3. The minimum absolute atomic E-state index is 0.543. The van der Waals surface area contributed by atoms with Crippen LogP contribution in [0.3, 0.4) is 0 Å². The first-order valence-corrected chi connectivity index (χ1v) is 6.96. The SMILES string of the molecule is CCOC1CC(NCCCN2CCCC2)C1. The van der Waals surface area contributed by atoms with Crippen molar-refractivity contribution >= 4 is 0 Å². The highest BCUT2D eigenvalue weighted by molar-refractivity contribution is 4.85. The molecule has 0 spiro atoms. The van der Waals surface area contributed by atoms with Gasteiger partial charge in [-0.05, 0) is 65.2 Å². The van der Waals surface area contributed by atoms with Gasteiger partial charge in [0.15, 0.2) is 0 Å². The van der Waals surface area contributed by atoms with Gasteiger partial charge in [-0.15, -0.1) is 0 Å². The fourth-order valence-corrected chi connectivity index (χ4v) is 2.72. The molecule has 2 aliphatic rings. The minimum Gasteiger partial charge on any atom is -0.378 e. The molecule has 3 nitrogen and oxygen atoms in total. The predicted molar refractivity (Wildman–Crippen MR) is 66.7 cm³/mol. The van der Waals surface area contributed by atoms with Gasteiger partial charge in [-0.25, -0.2) is 0 Å². The van der Waals surface area contributed by atoms with Gasteiger partial charge in [0.05, 0.1) is 6.10 Å². The van der Waals surface area contributed by atoms with Gasteiger partial charge in [0.25, 0.3) is 0 Å². The van der Waals surface area contributed by atoms with Gasteiger partial charge in [0.1, 0.15) is 0 Å². The largest absolute Gasteiger partial charge is 0.378 e. The van der Waals surface area contributed by atoms with E-state index < -0.39 is 0 Å². The molecule has 94 valence electrons. The molecule has 1 aliphatic heterocycles. The van der Waals surface area contributed by atoms with Gasteiger partial charge in [0.2, 0.25) is 0 Å². The van der Waals surface area contributed by atoms with Crippen LogP contribution in [0.2, 0.25) is 0 Å². The lowest BCUT2D eigenvalue weighted by atomic mass is 9.89. The van der Waals surface area contributed by atoms with Gasteiger partial charge < -0.3 is 15.0 Å². The third-order valence-electron chi connectivity index (χ3n) is 3.78. The number of likely N-dealkylation sites (tertiary alicyclic amines) is 1. The molecule has 0 unspecified atom stereocenters. The second-order valence-corrected chi connectivity index (χ2v) is 5.10. The zero-order valence-corrected chi connectivity index (χ0v) is 10.6. The molecule has 2 fully saturated rings.